The Hall–Kier alpha value is -2.41. The minimum absolute atomic E-state index is 0.137. The van der Waals surface area contributed by atoms with Crippen LogP contribution in [0.2, 0.25) is 0 Å². The third kappa shape index (κ3) is 4.83. The van der Waals surface area contributed by atoms with Crippen molar-refractivity contribution in [2.45, 2.75) is 6.92 Å². The lowest BCUT2D eigenvalue weighted by Crippen LogP contribution is -2.38. The zero-order valence-corrected chi connectivity index (χ0v) is 18.6. The van der Waals surface area contributed by atoms with Gasteiger partial charge in [0, 0.05) is 46.1 Å². The molecule has 0 bridgehead atoms. The van der Waals surface area contributed by atoms with Crippen LogP contribution in [0.1, 0.15) is 15.9 Å². The van der Waals surface area contributed by atoms with Crippen LogP contribution in [-0.4, -0.2) is 50.3 Å². The largest absolute Gasteiger partial charge is 0.492 e. The summed E-state index contributed by atoms with van der Waals surface area (Å²) in [5.74, 6) is 0.691. The van der Waals surface area contributed by atoms with Crippen molar-refractivity contribution in [2.24, 2.45) is 0 Å². The number of carbonyl (C=O) groups excluding carboxylic acids is 1. The Balaban J connectivity index is 1.50. The van der Waals surface area contributed by atoms with Crippen molar-refractivity contribution >= 4 is 38.3 Å². The van der Waals surface area contributed by atoms with Gasteiger partial charge in [0.2, 0.25) is 0 Å². The number of nitrogens with zero attached hydrogens (tertiary/aromatic N) is 1. The Morgan fingerprint density at radius 2 is 1.87 bits per heavy atom. The second-order valence-corrected chi connectivity index (χ2v) is 8.23. The number of hydrogen-bond donors (Lipinski definition) is 1. The number of aryl methyl sites for hydroxylation is 1. The van der Waals surface area contributed by atoms with E-state index in [4.69, 9.17) is 9.47 Å². The third-order valence-corrected chi connectivity index (χ3v) is 6.19. The summed E-state index contributed by atoms with van der Waals surface area (Å²) in [7, 11) is 0. The molecule has 3 aromatic carbocycles. The zero-order chi connectivity index (χ0) is 20.9. The molecule has 0 saturated carbocycles. The monoisotopic (exact) mass is 468 g/mol. The molecule has 0 unspecified atom stereocenters. The molecule has 1 heterocycles. The van der Waals surface area contributed by atoms with E-state index in [1.54, 1.807) is 0 Å². The van der Waals surface area contributed by atoms with Crippen molar-refractivity contribution in [3.8, 4) is 5.75 Å². The fourth-order valence-corrected chi connectivity index (χ4v) is 3.92. The SMILES string of the molecule is Cc1ccc(C(=O)Nc2ccc(OCCN3CCOCC3)c3ccccc23)cc1Br. The molecular weight excluding hydrogens is 444 g/mol. The minimum atomic E-state index is -0.137. The number of anilines is 1. The Morgan fingerprint density at radius 3 is 2.63 bits per heavy atom. The second kappa shape index (κ2) is 9.60. The van der Waals surface area contributed by atoms with Crippen LogP contribution in [0.5, 0.6) is 5.75 Å². The minimum Gasteiger partial charge on any atom is -0.492 e. The summed E-state index contributed by atoms with van der Waals surface area (Å²) >= 11 is 3.49. The number of halogens is 1. The quantitative estimate of drug-likeness (QED) is 0.560. The molecule has 5 nitrogen and oxygen atoms in total. The fourth-order valence-electron chi connectivity index (χ4n) is 3.54. The van der Waals surface area contributed by atoms with Crippen molar-refractivity contribution in [3.05, 3.63) is 70.2 Å². The van der Waals surface area contributed by atoms with Crippen LogP contribution in [0, 0.1) is 6.92 Å². The maximum Gasteiger partial charge on any atom is 0.255 e. The van der Waals surface area contributed by atoms with Gasteiger partial charge >= 0.3 is 0 Å². The highest BCUT2D eigenvalue weighted by molar-refractivity contribution is 9.10. The number of hydrogen-bond acceptors (Lipinski definition) is 4. The van der Waals surface area contributed by atoms with Crippen molar-refractivity contribution < 1.29 is 14.3 Å². The van der Waals surface area contributed by atoms with Crippen LogP contribution >= 0.6 is 15.9 Å². The van der Waals surface area contributed by atoms with E-state index in [0.717, 1.165) is 65.1 Å². The molecule has 1 saturated heterocycles. The van der Waals surface area contributed by atoms with Crippen molar-refractivity contribution in [1.82, 2.24) is 4.90 Å². The van der Waals surface area contributed by atoms with Gasteiger partial charge in [-0.3, -0.25) is 9.69 Å². The highest BCUT2D eigenvalue weighted by atomic mass is 79.9. The Kier molecular flexibility index (Phi) is 6.67. The second-order valence-electron chi connectivity index (χ2n) is 7.38. The maximum atomic E-state index is 12.8. The van der Waals surface area contributed by atoms with Crippen molar-refractivity contribution in [1.29, 1.82) is 0 Å². The molecule has 30 heavy (non-hydrogen) atoms. The first kappa shape index (κ1) is 20.8. The molecule has 0 radical (unpaired) electrons. The molecule has 1 amide bonds. The maximum absolute atomic E-state index is 12.8. The van der Waals surface area contributed by atoms with E-state index in [1.165, 1.54) is 0 Å². The topological polar surface area (TPSA) is 50.8 Å². The van der Waals surface area contributed by atoms with Crippen molar-refractivity contribution in [2.75, 3.05) is 44.8 Å². The summed E-state index contributed by atoms with van der Waals surface area (Å²) in [6, 6.07) is 17.4. The van der Waals surface area contributed by atoms with Gasteiger partial charge in [-0.05, 0) is 36.8 Å². The van der Waals surface area contributed by atoms with E-state index in [-0.39, 0.29) is 5.91 Å². The molecule has 6 heteroatoms. The number of ether oxygens (including phenoxy) is 2. The van der Waals surface area contributed by atoms with Crippen molar-refractivity contribution in [3.63, 3.8) is 0 Å². The van der Waals surface area contributed by atoms with E-state index in [9.17, 15) is 4.79 Å². The first-order valence-corrected chi connectivity index (χ1v) is 10.9. The highest BCUT2D eigenvalue weighted by Crippen LogP contribution is 2.32. The highest BCUT2D eigenvalue weighted by Gasteiger charge is 2.13. The normalized spacial score (nSPS) is 14.6. The summed E-state index contributed by atoms with van der Waals surface area (Å²) in [6.07, 6.45) is 0. The Labute approximate surface area is 185 Å². The lowest BCUT2D eigenvalue weighted by atomic mass is 10.1. The summed E-state index contributed by atoms with van der Waals surface area (Å²) in [4.78, 5) is 15.1. The van der Waals surface area contributed by atoms with E-state index >= 15 is 0 Å². The van der Waals surface area contributed by atoms with Crippen LogP contribution in [0.4, 0.5) is 5.69 Å². The number of amides is 1. The van der Waals surface area contributed by atoms with E-state index in [0.29, 0.717) is 12.2 Å². The molecule has 1 fully saturated rings. The van der Waals surface area contributed by atoms with Gasteiger partial charge in [-0.25, -0.2) is 0 Å². The number of fused-ring (bicyclic) bond motifs is 1. The number of nitrogens with one attached hydrogen (secondary N) is 1. The van der Waals surface area contributed by atoms with Gasteiger partial charge < -0.3 is 14.8 Å². The number of morpholine rings is 1. The number of benzene rings is 3. The summed E-state index contributed by atoms with van der Waals surface area (Å²) in [5, 5.41) is 4.99. The Morgan fingerprint density at radius 1 is 1.10 bits per heavy atom. The van der Waals surface area contributed by atoms with Crippen LogP contribution < -0.4 is 10.1 Å². The van der Waals surface area contributed by atoms with Crippen LogP contribution in [0.15, 0.2) is 59.1 Å². The predicted octanol–water partition coefficient (Wildman–Crippen LogP) is 4.87. The van der Waals surface area contributed by atoms with E-state index in [1.807, 2.05) is 61.5 Å². The molecule has 1 aliphatic rings. The van der Waals surface area contributed by atoms with E-state index < -0.39 is 0 Å². The van der Waals surface area contributed by atoms with Gasteiger partial charge in [0.15, 0.2) is 0 Å². The molecule has 4 rings (SSSR count). The zero-order valence-electron chi connectivity index (χ0n) is 17.0. The van der Waals surface area contributed by atoms with Gasteiger partial charge in [-0.15, -0.1) is 0 Å². The molecule has 0 spiro atoms. The lowest BCUT2D eigenvalue weighted by molar-refractivity contribution is 0.0323. The first-order valence-electron chi connectivity index (χ1n) is 10.1. The first-order chi connectivity index (χ1) is 14.6. The molecule has 3 aromatic rings. The van der Waals surface area contributed by atoms with Crippen LogP contribution in [-0.2, 0) is 4.74 Å². The summed E-state index contributed by atoms with van der Waals surface area (Å²) in [6.45, 7) is 6.96. The van der Waals surface area contributed by atoms with Gasteiger partial charge in [-0.2, -0.15) is 0 Å². The van der Waals surface area contributed by atoms with E-state index in [2.05, 4.69) is 26.1 Å². The average Bonchev–Trinajstić information content (AvgIpc) is 2.77. The molecular formula is C24H25BrN2O3. The standard InChI is InChI=1S/C24H25BrN2O3/c1-17-6-7-18(16-21(17)25)24(28)26-22-8-9-23(20-5-3-2-4-19(20)22)30-15-12-27-10-13-29-14-11-27/h2-9,16H,10-15H2,1H3,(H,26,28). The number of carbonyl (C=O) groups is 1. The van der Waals surface area contributed by atoms with Gasteiger partial charge in [-0.1, -0.05) is 46.3 Å². The lowest BCUT2D eigenvalue weighted by Gasteiger charge is -2.26. The third-order valence-electron chi connectivity index (χ3n) is 5.34. The fraction of sp³-hybridized carbons (Fsp3) is 0.292. The molecule has 0 atom stereocenters. The predicted molar refractivity (Wildman–Crippen MR) is 124 cm³/mol. The smallest absolute Gasteiger partial charge is 0.255 e. The molecule has 156 valence electrons. The molecule has 1 N–H and O–H groups in total. The van der Waals surface area contributed by atoms with Crippen LogP contribution in [0.25, 0.3) is 10.8 Å². The summed E-state index contributed by atoms with van der Waals surface area (Å²) < 4.78 is 12.4. The van der Waals surface area contributed by atoms with Crippen LogP contribution in [0.3, 0.4) is 0 Å². The molecule has 0 aliphatic carbocycles. The molecule has 0 aromatic heterocycles. The average molecular weight is 469 g/mol. The van der Waals surface area contributed by atoms with Gasteiger partial charge in [0.05, 0.1) is 13.2 Å². The molecule has 1 aliphatic heterocycles. The van der Waals surface area contributed by atoms with Gasteiger partial charge in [0.25, 0.3) is 5.91 Å². The Bertz CT molecular complexity index is 1050. The summed E-state index contributed by atoms with van der Waals surface area (Å²) in [5.41, 5.74) is 2.48. The van der Waals surface area contributed by atoms with Gasteiger partial charge in [0.1, 0.15) is 12.4 Å². The number of rotatable bonds is 6.